The van der Waals surface area contributed by atoms with E-state index in [1.165, 1.54) is 0 Å². The molecule has 194 valence electrons. The smallest absolute Gasteiger partial charge is 0.328 e. The van der Waals surface area contributed by atoms with E-state index in [4.69, 9.17) is 25.7 Å². The van der Waals surface area contributed by atoms with Gasteiger partial charge < -0.3 is 36.3 Å². The van der Waals surface area contributed by atoms with Gasteiger partial charge in [0.1, 0.15) is 23.4 Å². The number of benzene rings is 1. The molecule has 0 saturated carbocycles. The van der Waals surface area contributed by atoms with Crippen molar-refractivity contribution in [1.29, 1.82) is 0 Å². The van der Waals surface area contributed by atoms with Crippen molar-refractivity contribution in [3.05, 3.63) is 35.4 Å². The van der Waals surface area contributed by atoms with Gasteiger partial charge in [0.2, 0.25) is 5.95 Å². The molecule has 6 N–H and O–H groups in total. The second kappa shape index (κ2) is 12.6. The third kappa shape index (κ3) is 6.96. The number of esters is 2. The lowest BCUT2D eigenvalue weighted by molar-refractivity contribution is -0.146. The molecule has 12 nitrogen and oxygen atoms in total. The summed E-state index contributed by atoms with van der Waals surface area (Å²) in [5, 5.41) is 5.82. The summed E-state index contributed by atoms with van der Waals surface area (Å²) in [5.41, 5.74) is 12.8. The van der Waals surface area contributed by atoms with Crippen LogP contribution in [0, 0.1) is 0 Å². The van der Waals surface area contributed by atoms with Crippen LogP contribution in [0.4, 0.5) is 17.6 Å². The molecule has 1 aliphatic heterocycles. The lowest BCUT2D eigenvalue weighted by Crippen LogP contribution is -2.42. The number of aromatic nitrogens is 2. The van der Waals surface area contributed by atoms with E-state index >= 15 is 0 Å². The van der Waals surface area contributed by atoms with Gasteiger partial charge >= 0.3 is 11.9 Å². The van der Waals surface area contributed by atoms with Crippen molar-refractivity contribution in [2.45, 2.75) is 45.1 Å². The second-order valence-corrected chi connectivity index (χ2v) is 8.09. The van der Waals surface area contributed by atoms with Gasteiger partial charge in [-0.15, -0.1) is 0 Å². The molecule has 2 aromatic rings. The summed E-state index contributed by atoms with van der Waals surface area (Å²) in [6, 6.07) is 5.57. The van der Waals surface area contributed by atoms with E-state index < -0.39 is 23.9 Å². The Labute approximate surface area is 209 Å². The van der Waals surface area contributed by atoms with Gasteiger partial charge in [0, 0.05) is 30.0 Å². The van der Waals surface area contributed by atoms with Crippen LogP contribution in [-0.4, -0.2) is 60.2 Å². The molecular weight excluding hydrogens is 468 g/mol. The molecule has 1 aliphatic rings. The van der Waals surface area contributed by atoms with Gasteiger partial charge in [-0.25, -0.2) is 4.79 Å². The summed E-state index contributed by atoms with van der Waals surface area (Å²) in [6.45, 7) is 4.85. The maximum atomic E-state index is 12.7. The number of anilines is 3. The number of ether oxygens (including phenoxy) is 3. The van der Waals surface area contributed by atoms with Crippen LogP contribution in [-0.2, 0) is 19.1 Å². The topological polar surface area (TPSA) is 181 Å². The van der Waals surface area contributed by atoms with Gasteiger partial charge in [-0.3, -0.25) is 9.59 Å². The zero-order valence-electron chi connectivity index (χ0n) is 20.4. The number of carbonyl (C=O) groups excluding carboxylic acids is 3. The number of nitrogens with one attached hydrogen (secondary N) is 2. The normalized spacial score (nSPS) is 14.8. The van der Waals surface area contributed by atoms with E-state index in [1.807, 2.05) is 0 Å². The molecule has 0 bridgehead atoms. The predicted octanol–water partition coefficient (Wildman–Crippen LogP) is 1.62. The highest BCUT2D eigenvalue weighted by Gasteiger charge is 2.27. The first kappa shape index (κ1) is 26.5. The van der Waals surface area contributed by atoms with Crippen LogP contribution in [0.1, 0.15) is 54.9 Å². The quantitative estimate of drug-likeness (QED) is 0.311. The van der Waals surface area contributed by atoms with Crippen molar-refractivity contribution in [3.63, 3.8) is 0 Å². The maximum Gasteiger partial charge on any atom is 0.328 e. The van der Waals surface area contributed by atoms with Crippen molar-refractivity contribution in [3.8, 4) is 5.75 Å². The minimum atomic E-state index is -0.965. The Balaban J connectivity index is 1.52. The Morgan fingerprint density at radius 3 is 2.53 bits per heavy atom. The predicted molar refractivity (Wildman–Crippen MR) is 132 cm³/mol. The van der Waals surface area contributed by atoms with Crippen LogP contribution in [0.15, 0.2) is 24.3 Å². The van der Waals surface area contributed by atoms with Crippen LogP contribution >= 0.6 is 0 Å². The van der Waals surface area contributed by atoms with Crippen LogP contribution < -0.4 is 26.8 Å². The van der Waals surface area contributed by atoms with E-state index in [9.17, 15) is 14.4 Å². The first-order chi connectivity index (χ1) is 17.3. The number of hydrogen-bond donors (Lipinski definition) is 4. The summed E-state index contributed by atoms with van der Waals surface area (Å²) in [6.07, 6.45) is 0.740. The third-order valence-electron chi connectivity index (χ3n) is 5.59. The molecule has 0 aliphatic carbocycles. The lowest BCUT2D eigenvalue weighted by Gasteiger charge is -2.17. The molecule has 0 radical (unpaired) electrons. The van der Waals surface area contributed by atoms with Gasteiger partial charge in [-0.2, -0.15) is 9.97 Å². The van der Waals surface area contributed by atoms with Gasteiger partial charge in [-0.1, -0.05) is 0 Å². The number of hydrogen-bond acceptors (Lipinski definition) is 11. The molecule has 0 saturated heterocycles. The molecule has 0 spiro atoms. The number of nitrogen functional groups attached to an aromatic ring is 2. The van der Waals surface area contributed by atoms with E-state index in [1.54, 1.807) is 38.1 Å². The monoisotopic (exact) mass is 500 g/mol. The Kier molecular flexibility index (Phi) is 9.25. The Hall–Kier alpha value is -4.09. The van der Waals surface area contributed by atoms with E-state index in [2.05, 4.69) is 20.6 Å². The molecule has 1 aromatic heterocycles. The third-order valence-corrected chi connectivity index (χ3v) is 5.59. The fraction of sp³-hybridized carbons (Fsp3) is 0.458. The summed E-state index contributed by atoms with van der Waals surface area (Å²) >= 11 is 0. The molecule has 1 amide bonds. The number of amides is 1. The van der Waals surface area contributed by atoms with Crippen molar-refractivity contribution in [1.82, 2.24) is 15.3 Å². The molecule has 0 fully saturated rings. The number of nitrogens with two attached hydrogens (primary N) is 2. The van der Waals surface area contributed by atoms with Crippen molar-refractivity contribution in [2.24, 2.45) is 0 Å². The van der Waals surface area contributed by atoms with Crippen LogP contribution in [0.25, 0.3) is 0 Å². The standard InChI is InChI=1S/C24H32N6O6/c1-3-34-18(31)10-9-17(23(33)35-4-2)28-22(32)14-5-7-16(8-6-14)36-12-11-15-13-27-21-19(15)20(25)29-24(26)30-21/h5-8,15,17H,3-4,9-13H2,1-2H3,(H,28,32)(H5,25,26,27,29,30)/t15?,17-/m0/s1. The zero-order valence-corrected chi connectivity index (χ0v) is 20.4. The van der Waals surface area contributed by atoms with Crippen molar-refractivity contribution >= 4 is 35.4 Å². The van der Waals surface area contributed by atoms with E-state index in [0.29, 0.717) is 42.5 Å². The highest BCUT2D eigenvalue weighted by atomic mass is 16.5. The summed E-state index contributed by atoms with van der Waals surface area (Å²) in [4.78, 5) is 44.8. The summed E-state index contributed by atoms with van der Waals surface area (Å²) in [7, 11) is 0. The fourth-order valence-corrected chi connectivity index (χ4v) is 3.86. The average Bonchev–Trinajstić information content (AvgIpc) is 3.25. The highest BCUT2D eigenvalue weighted by molar-refractivity contribution is 5.97. The van der Waals surface area contributed by atoms with Gasteiger partial charge in [-0.05, 0) is 51.0 Å². The fourth-order valence-electron chi connectivity index (χ4n) is 3.86. The minimum Gasteiger partial charge on any atom is -0.494 e. The van der Waals surface area contributed by atoms with Crippen LogP contribution in [0.5, 0.6) is 5.75 Å². The Morgan fingerprint density at radius 1 is 1.11 bits per heavy atom. The molecule has 36 heavy (non-hydrogen) atoms. The number of fused-ring (bicyclic) bond motifs is 1. The van der Waals surface area contributed by atoms with Gasteiger partial charge in [0.05, 0.1) is 19.8 Å². The maximum absolute atomic E-state index is 12.7. The molecule has 2 heterocycles. The number of rotatable bonds is 12. The lowest BCUT2D eigenvalue weighted by atomic mass is 10.0. The molecule has 1 aromatic carbocycles. The largest absolute Gasteiger partial charge is 0.494 e. The second-order valence-electron chi connectivity index (χ2n) is 8.09. The average molecular weight is 501 g/mol. The Morgan fingerprint density at radius 2 is 1.83 bits per heavy atom. The first-order valence-electron chi connectivity index (χ1n) is 11.8. The summed E-state index contributed by atoms with van der Waals surface area (Å²) < 4.78 is 15.7. The molecule has 12 heteroatoms. The molecule has 2 atom stereocenters. The molecular formula is C24H32N6O6. The highest BCUT2D eigenvalue weighted by Crippen LogP contribution is 2.36. The van der Waals surface area contributed by atoms with Crippen LogP contribution in [0.2, 0.25) is 0 Å². The SMILES string of the molecule is CCOC(=O)CC[C@H](NC(=O)c1ccc(OCCC2CNc3nc(N)nc(N)c32)cc1)C(=O)OCC. The molecule has 1 unspecified atom stereocenters. The first-order valence-corrected chi connectivity index (χ1v) is 11.8. The zero-order chi connectivity index (χ0) is 26.1. The Bertz CT molecular complexity index is 1080. The van der Waals surface area contributed by atoms with E-state index in [0.717, 1.165) is 5.56 Å². The van der Waals surface area contributed by atoms with Gasteiger partial charge in [0.15, 0.2) is 0 Å². The molecule has 3 rings (SSSR count). The number of carbonyl (C=O) groups is 3. The van der Waals surface area contributed by atoms with Gasteiger partial charge in [0.25, 0.3) is 5.91 Å². The number of nitrogens with zero attached hydrogens (tertiary/aromatic N) is 2. The van der Waals surface area contributed by atoms with Crippen LogP contribution in [0.3, 0.4) is 0 Å². The minimum absolute atomic E-state index is 0.0173. The van der Waals surface area contributed by atoms with Crippen molar-refractivity contribution in [2.75, 3.05) is 43.1 Å². The van der Waals surface area contributed by atoms with E-state index in [-0.39, 0.29) is 37.9 Å². The summed E-state index contributed by atoms with van der Waals surface area (Å²) in [5.74, 6) is 0.323. The van der Waals surface area contributed by atoms with Crippen molar-refractivity contribution < 1.29 is 28.6 Å².